The van der Waals surface area contributed by atoms with E-state index in [-0.39, 0.29) is 0 Å². The van der Waals surface area contributed by atoms with Gasteiger partial charge in [-0.25, -0.2) is 0 Å². The van der Waals surface area contributed by atoms with E-state index in [0.29, 0.717) is 5.41 Å². The maximum atomic E-state index is 3.97. The van der Waals surface area contributed by atoms with Crippen LogP contribution in [-0.4, -0.2) is 0 Å². The predicted molar refractivity (Wildman–Crippen MR) is 97.1 cm³/mol. The van der Waals surface area contributed by atoms with Crippen LogP contribution in [0.3, 0.4) is 0 Å². The molecule has 2 aliphatic rings. The lowest BCUT2D eigenvalue weighted by Gasteiger charge is -2.41. The molecule has 0 atom stereocenters. The zero-order valence-electron chi connectivity index (χ0n) is 14.2. The SMILES string of the molecule is C=Cc1cccc(C2(CC3CCCCCC3)CCCCC2)c1. The molecule has 0 heteroatoms. The van der Waals surface area contributed by atoms with Gasteiger partial charge in [-0.3, -0.25) is 0 Å². The highest BCUT2D eigenvalue weighted by molar-refractivity contribution is 5.49. The topological polar surface area (TPSA) is 0 Å². The molecule has 0 bridgehead atoms. The van der Waals surface area contributed by atoms with Gasteiger partial charge in [-0.2, -0.15) is 0 Å². The lowest BCUT2D eigenvalue weighted by molar-refractivity contribution is 0.221. The molecule has 1 aromatic carbocycles. The third-order valence-corrected chi connectivity index (χ3v) is 6.20. The molecule has 0 aromatic heterocycles. The van der Waals surface area contributed by atoms with Gasteiger partial charge in [0.05, 0.1) is 0 Å². The molecule has 2 aliphatic carbocycles. The van der Waals surface area contributed by atoms with Crippen molar-refractivity contribution in [1.29, 1.82) is 0 Å². The number of benzene rings is 1. The van der Waals surface area contributed by atoms with Crippen LogP contribution in [0.15, 0.2) is 30.8 Å². The van der Waals surface area contributed by atoms with E-state index >= 15 is 0 Å². The van der Waals surface area contributed by atoms with Crippen LogP contribution in [0, 0.1) is 5.92 Å². The molecule has 120 valence electrons. The van der Waals surface area contributed by atoms with E-state index < -0.39 is 0 Å². The molecular weight excluding hydrogens is 264 g/mol. The maximum Gasteiger partial charge on any atom is -0.00441 e. The molecule has 0 unspecified atom stereocenters. The summed E-state index contributed by atoms with van der Waals surface area (Å²) in [5.74, 6) is 0.966. The van der Waals surface area contributed by atoms with E-state index in [2.05, 4.69) is 30.8 Å². The first-order valence-corrected chi connectivity index (χ1v) is 9.55. The number of rotatable bonds is 4. The highest BCUT2D eigenvalue weighted by atomic mass is 14.4. The number of hydrogen-bond donors (Lipinski definition) is 0. The largest absolute Gasteiger partial charge is 0.0985 e. The van der Waals surface area contributed by atoms with Crippen molar-refractivity contribution in [2.24, 2.45) is 5.92 Å². The average molecular weight is 296 g/mol. The monoisotopic (exact) mass is 296 g/mol. The first kappa shape index (κ1) is 15.8. The van der Waals surface area contributed by atoms with E-state index in [1.165, 1.54) is 82.6 Å². The van der Waals surface area contributed by atoms with Gasteiger partial charge in [0.15, 0.2) is 0 Å². The van der Waals surface area contributed by atoms with Gasteiger partial charge in [-0.1, -0.05) is 94.7 Å². The third-order valence-electron chi connectivity index (χ3n) is 6.20. The first-order valence-electron chi connectivity index (χ1n) is 9.55. The summed E-state index contributed by atoms with van der Waals surface area (Å²) in [6.07, 6.45) is 19.4. The van der Waals surface area contributed by atoms with Crippen LogP contribution < -0.4 is 0 Å². The molecular formula is C22H32. The van der Waals surface area contributed by atoms with Gasteiger partial charge in [0, 0.05) is 0 Å². The summed E-state index contributed by atoms with van der Waals surface area (Å²) in [5.41, 5.74) is 3.36. The molecule has 0 N–H and O–H groups in total. The second-order valence-corrected chi connectivity index (χ2v) is 7.73. The standard InChI is InChI=1S/C22H32/c1-2-19-13-10-14-21(17-19)22(15-8-5-9-16-22)18-20-11-6-3-4-7-12-20/h2,10,13-14,17,20H,1,3-9,11-12,15-16,18H2. The molecule has 0 heterocycles. The summed E-state index contributed by atoms with van der Waals surface area (Å²) >= 11 is 0. The molecule has 2 fully saturated rings. The molecule has 0 saturated heterocycles. The molecule has 2 saturated carbocycles. The second-order valence-electron chi connectivity index (χ2n) is 7.73. The fourth-order valence-electron chi connectivity index (χ4n) is 4.96. The van der Waals surface area contributed by atoms with Gasteiger partial charge < -0.3 is 0 Å². The summed E-state index contributed by atoms with van der Waals surface area (Å²) < 4.78 is 0. The zero-order valence-corrected chi connectivity index (χ0v) is 14.2. The summed E-state index contributed by atoms with van der Waals surface area (Å²) in [6, 6.07) is 9.26. The molecule has 0 nitrogen and oxygen atoms in total. The van der Waals surface area contributed by atoms with Crippen molar-refractivity contribution < 1.29 is 0 Å². The molecule has 22 heavy (non-hydrogen) atoms. The maximum absolute atomic E-state index is 3.97. The summed E-state index contributed by atoms with van der Waals surface area (Å²) in [5, 5.41) is 0. The minimum atomic E-state index is 0.465. The van der Waals surface area contributed by atoms with E-state index in [1.54, 1.807) is 5.56 Å². The highest BCUT2D eigenvalue weighted by Crippen LogP contribution is 2.46. The van der Waals surface area contributed by atoms with Gasteiger partial charge in [-0.15, -0.1) is 0 Å². The normalized spacial score (nSPS) is 22.9. The Morgan fingerprint density at radius 1 is 0.955 bits per heavy atom. The molecule has 0 amide bonds. The summed E-state index contributed by atoms with van der Waals surface area (Å²) in [4.78, 5) is 0. The van der Waals surface area contributed by atoms with Crippen molar-refractivity contribution in [3.8, 4) is 0 Å². The molecule has 0 radical (unpaired) electrons. The Labute approximate surface area is 137 Å². The van der Waals surface area contributed by atoms with Crippen molar-refractivity contribution in [2.75, 3.05) is 0 Å². The minimum absolute atomic E-state index is 0.465. The van der Waals surface area contributed by atoms with E-state index in [9.17, 15) is 0 Å². The predicted octanol–water partition coefficient (Wildman–Crippen LogP) is 6.89. The van der Waals surface area contributed by atoms with Crippen LogP contribution in [0.2, 0.25) is 0 Å². The summed E-state index contributed by atoms with van der Waals surface area (Å²) in [6.45, 7) is 3.97. The van der Waals surface area contributed by atoms with Crippen molar-refractivity contribution in [1.82, 2.24) is 0 Å². The molecule has 0 aliphatic heterocycles. The molecule has 0 spiro atoms. The third kappa shape index (κ3) is 3.65. The molecule has 1 aromatic rings. The van der Waals surface area contributed by atoms with Crippen LogP contribution in [0.25, 0.3) is 6.08 Å². The fraction of sp³-hybridized carbons (Fsp3) is 0.636. The van der Waals surface area contributed by atoms with Gasteiger partial charge in [-0.05, 0) is 41.7 Å². The van der Waals surface area contributed by atoms with Crippen LogP contribution in [-0.2, 0) is 5.41 Å². The Kier molecular flexibility index (Phi) is 5.39. The van der Waals surface area contributed by atoms with Crippen LogP contribution in [0.5, 0.6) is 0 Å². The van der Waals surface area contributed by atoms with Crippen LogP contribution >= 0.6 is 0 Å². The second kappa shape index (κ2) is 7.49. The Balaban J connectivity index is 1.84. The Bertz CT molecular complexity index is 471. The fourth-order valence-corrected chi connectivity index (χ4v) is 4.96. The molecule has 3 rings (SSSR count). The highest BCUT2D eigenvalue weighted by Gasteiger charge is 2.36. The average Bonchev–Trinajstić information content (AvgIpc) is 2.84. The first-order chi connectivity index (χ1) is 10.8. The van der Waals surface area contributed by atoms with Crippen molar-refractivity contribution in [3.63, 3.8) is 0 Å². The zero-order chi connectivity index (χ0) is 15.3. The quantitative estimate of drug-likeness (QED) is 0.530. The Hall–Kier alpha value is -1.04. The van der Waals surface area contributed by atoms with Crippen molar-refractivity contribution in [3.05, 3.63) is 42.0 Å². The van der Waals surface area contributed by atoms with E-state index in [1.807, 2.05) is 6.08 Å². The van der Waals surface area contributed by atoms with Gasteiger partial charge in [0.2, 0.25) is 0 Å². The van der Waals surface area contributed by atoms with Gasteiger partial charge in [0.25, 0.3) is 0 Å². The lowest BCUT2D eigenvalue weighted by Crippen LogP contribution is -2.31. The van der Waals surface area contributed by atoms with Gasteiger partial charge in [0.1, 0.15) is 0 Å². The van der Waals surface area contributed by atoms with Crippen LogP contribution in [0.1, 0.15) is 88.2 Å². The number of hydrogen-bond acceptors (Lipinski definition) is 0. The smallest absolute Gasteiger partial charge is 0.00441 e. The minimum Gasteiger partial charge on any atom is -0.0985 e. The lowest BCUT2D eigenvalue weighted by atomic mass is 9.64. The van der Waals surface area contributed by atoms with Crippen molar-refractivity contribution >= 4 is 6.08 Å². The van der Waals surface area contributed by atoms with Crippen LogP contribution in [0.4, 0.5) is 0 Å². The Morgan fingerprint density at radius 2 is 1.64 bits per heavy atom. The Morgan fingerprint density at radius 3 is 2.32 bits per heavy atom. The van der Waals surface area contributed by atoms with E-state index in [0.717, 1.165) is 5.92 Å². The summed E-state index contributed by atoms with van der Waals surface area (Å²) in [7, 11) is 0. The van der Waals surface area contributed by atoms with Gasteiger partial charge >= 0.3 is 0 Å². The van der Waals surface area contributed by atoms with Crippen molar-refractivity contribution in [2.45, 2.75) is 82.5 Å². The van der Waals surface area contributed by atoms with E-state index in [4.69, 9.17) is 0 Å².